The van der Waals surface area contributed by atoms with Crippen LogP contribution in [0.1, 0.15) is 10.4 Å². The highest BCUT2D eigenvalue weighted by Gasteiger charge is 2.11. The third kappa shape index (κ3) is 2.59. The Labute approximate surface area is 96.3 Å². The van der Waals surface area contributed by atoms with Crippen LogP contribution in [-0.2, 0) is 15.8 Å². The van der Waals surface area contributed by atoms with Gasteiger partial charge in [-0.2, -0.15) is 0 Å². The zero-order chi connectivity index (χ0) is 12.3. The van der Waals surface area contributed by atoms with Gasteiger partial charge in [0.15, 0.2) is 0 Å². The standard InChI is InChI=1S/C10H13NO4S/c1-11(2)8-5-4-7(10(12)15-3)6-9(8)16(13)14/h4-6H,1-3H3,(H,13,14)/p-1. The number of hydrogen-bond donors (Lipinski definition) is 0. The summed E-state index contributed by atoms with van der Waals surface area (Å²) in [5.41, 5.74) is 0.744. The molecule has 0 saturated heterocycles. The van der Waals surface area contributed by atoms with E-state index in [2.05, 4.69) is 4.74 Å². The van der Waals surface area contributed by atoms with Gasteiger partial charge in [0.1, 0.15) is 0 Å². The van der Waals surface area contributed by atoms with E-state index in [4.69, 9.17) is 0 Å². The van der Waals surface area contributed by atoms with Crippen LogP contribution >= 0.6 is 0 Å². The summed E-state index contributed by atoms with van der Waals surface area (Å²) < 4.78 is 26.5. The van der Waals surface area contributed by atoms with Gasteiger partial charge in [0.25, 0.3) is 0 Å². The van der Waals surface area contributed by atoms with E-state index in [1.165, 1.54) is 19.2 Å². The highest BCUT2D eigenvalue weighted by molar-refractivity contribution is 7.79. The molecule has 0 heterocycles. The summed E-state index contributed by atoms with van der Waals surface area (Å²) in [6, 6.07) is 4.39. The van der Waals surface area contributed by atoms with E-state index in [-0.39, 0.29) is 10.5 Å². The predicted molar refractivity (Wildman–Crippen MR) is 59.3 cm³/mol. The second-order valence-electron chi connectivity index (χ2n) is 3.30. The molecule has 0 aliphatic rings. The van der Waals surface area contributed by atoms with Gasteiger partial charge in [-0.1, -0.05) is 0 Å². The van der Waals surface area contributed by atoms with Crippen LogP contribution in [0.25, 0.3) is 0 Å². The van der Waals surface area contributed by atoms with Crippen molar-refractivity contribution in [3.05, 3.63) is 23.8 Å². The fourth-order valence-corrected chi connectivity index (χ4v) is 1.91. The van der Waals surface area contributed by atoms with Gasteiger partial charge in [0.05, 0.1) is 18.4 Å². The van der Waals surface area contributed by atoms with Crippen molar-refractivity contribution in [2.24, 2.45) is 0 Å². The van der Waals surface area contributed by atoms with Crippen molar-refractivity contribution in [1.29, 1.82) is 0 Å². The van der Waals surface area contributed by atoms with Crippen LogP contribution < -0.4 is 4.90 Å². The number of anilines is 1. The van der Waals surface area contributed by atoms with Gasteiger partial charge in [-0.05, 0) is 29.3 Å². The molecule has 6 heteroatoms. The molecule has 0 saturated carbocycles. The van der Waals surface area contributed by atoms with Crippen LogP contribution in [0.15, 0.2) is 23.1 Å². The summed E-state index contributed by atoms with van der Waals surface area (Å²) in [6.45, 7) is 0. The highest BCUT2D eigenvalue weighted by atomic mass is 32.2. The second-order valence-corrected chi connectivity index (χ2v) is 4.21. The lowest BCUT2D eigenvalue weighted by Crippen LogP contribution is -2.13. The molecular weight excluding hydrogens is 230 g/mol. The van der Waals surface area contributed by atoms with Crippen molar-refractivity contribution < 1.29 is 18.3 Å². The molecule has 1 rings (SSSR count). The average molecular weight is 242 g/mol. The molecule has 1 aromatic rings. The number of rotatable bonds is 3. The molecule has 0 fully saturated rings. The highest BCUT2D eigenvalue weighted by Crippen LogP contribution is 2.23. The molecule has 0 aliphatic carbocycles. The van der Waals surface area contributed by atoms with Gasteiger partial charge in [0, 0.05) is 19.0 Å². The topological polar surface area (TPSA) is 69.7 Å². The summed E-state index contributed by atoms with van der Waals surface area (Å²) in [5.74, 6) is -0.558. The minimum absolute atomic E-state index is 0.0768. The molecular formula is C10H12NO4S-. The monoisotopic (exact) mass is 242 g/mol. The fourth-order valence-electron chi connectivity index (χ4n) is 1.26. The van der Waals surface area contributed by atoms with Gasteiger partial charge >= 0.3 is 5.97 Å². The van der Waals surface area contributed by atoms with Gasteiger partial charge in [-0.25, -0.2) is 4.79 Å². The molecule has 1 aromatic carbocycles. The zero-order valence-corrected chi connectivity index (χ0v) is 10.0. The lowest BCUT2D eigenvalue weighted by molar-refractivity contribution is 0.0600. The van der Waals surface area contributed by atoms with Gasteiger partial charge in [-0.15, -0.1) is 0 Å². The van der Waals surface area contributed by atoms with Crippen molar-refractivity contribution in [3.63, 3.8) is 0 Å². The summed E-state index contributed by atoms with van der Waals surface area (Å²) in [4.78, 5) is 13.0. The lowest BCUT2D eigenvalue weighted by atomic mass is 10.2. The zero-order valence-electron chi connectivity index (χ0n) is 9.22. The molecule has 0 aliphatic heterocycles. The first-order valence-electron chi connectivity index (χ1n) is 4.46. The lowest BCUT2D eigenvalue weighted by Gasteiger charge is -2.19. The normalized spacial score (nSPS) is 12.0. The molecule has 0 N–H and O–H groups in total. The van der Waals surface area contributed by atoms with Crippen LogP contribution in [0, 0.1) is 0 Å². The Balaban J connectivity index is 3.28. The van der Waals surface area contributed by atoms with Gasteiger partial charge < -0.3 is 14.2 Å². The van der Waals surface area contributed by atoms with Crippen LogP contribution in [0.5, 0.6) is 0 Å². The van der Waals surface area contributed by atoms with Crippen molar-refractivity contribution in [2.45, 2.75) is 4.90 Å². The van der Waals surface area contributed by atoms with E-state index in [9.17, 15) is 13.6 Å². The number of hydrogen-bond acceptors (Lipinski definition) is 5. The second kappa shape index (κ2) is 5.09. The number of benzene rings is 1. The van der Waals surface area contributed by atoms with Crippen molar-refractivity contribution in [3.8, 4) is 0 Å². The Bertz CT molecular complexity index is 431. The Hall–Kier alpha value is -1.40. The number of ether oxygens (including phenoxy) is 1. The largest absolute Gasteiger partial charge is 0.768 e. The third-order valence-corrected chi connectivity index (χ3v) is 2.73. The van der Waals surface area contributed by atoms with E-state index in [1.807, 2.05) is 0 Å². The van der Waals surface area contributed by atoms with Crippen LogP contribution in [0.2, 0.25) is 0 Å². The molecule has 0 amide bonds. The molecule has 1 atom stereocenters. The van der Waals surface area contributed by atoms with E-state index < -0.39 is 17.0 Å². The molecule has 1 unspecified atom stereocenters. The Kier molecular flexibility index (Phi) is 4.03. The quantitative estimate of drug-likeness (QED) is 0.578. The molecule has 0 bridgehead atoms. The predicted octanol–water partition coefficient (Wildman–Crippen LogP) is 0.777. The van der Waals surface area contributed by atoms with Gasteiger partial charge in [0.2, 0.25) is 0 Å². The number of carbonyl (C=O) groups is 1. The Morgan fingerprint density at radius 3 is 2.50 bits per heavy atom. The van der Waals surface area contributed by atoms with Crippen LogP contribution in [-0.4, -0.2) is 35.9 Å². The first-order chi connectivity index (χ1) is 7.47. The summed E-state index contributed by atoms with van der Waals surface area (Å²) in [6.07, 6.45) is 0. The van der Waals surface area contributed by atoms with Crippen molar-refractivity contribution in [1.82, 2.24) is 0 Å². The first kappa shape index (κ1) is 12.7. The molecule has 0 spiro atoms. The third-order valence-electron chi connectivity index (χ3n) is 2.04. The first-order valence-corrected chi connectivity index (χ1v) is 5.53. The van der Waals surface area contributed by atoms with E-state index in [0.717, 1.165) is 0 Å². The summed E-state index contributed by atoms with van der Waals surface area (Å²) in [5, 5.41) is 0. The minimum atomic E-state index is -2.39. The molecule has 88 valence electrons. The minimum Gasteiger partial charge on any atom is -0.768 e. The number of carbonyl (C=O) groups excluding carboxylic acids is 1. The van der Waals surface area contributed by atoms with Crippen LogP contribution in [0.3, 0.4) is 0 Å². The molecule has 16 heavy (non-hydrogen) atoms. The SMILES string of the molecule is COC(=O)c1ccc(N(C)C)c(S(=O)[O-])c1. The maximum absolute atomic E-state index is 11.2. The summed E-state index contributed by atoms with van der Waals surface area (Å²) in [7, 11) is 4.70. The fraction of sp³-hybridized carbons (Fsp3) is 0.300. The number of nitrogens with zero attached hydrogens (tertiary/aromatic N) is 1. The van der Waals surface area contributed by atoms with Gasteiger partial charge in [-0.3, -0.25) is 4.21 Å². The number of esters is 1. The van der Waals surface area contributed by atoms with Crippen molar-refractivity contribution in [2.75, 3.05) is 26.1 Å². The molecule has 0 aromatic heterocycles. The van der Waals surface area contributed by atoms with E-state index in [1.54, 1.807) is 25.1 Å². The maximum Gasteiger partial charge on any atom is 0.337 e. The Morgan fingerprint density at radius 2 is 2.06 bits per heavy atom. The average Bonchev–Trinajstić information content (AvgIpc) is 2.26. The van der Waals surface area contributed by atoms with Crippen LogP contribution in [0.4, 0.5) is 5.69 Å². The number of methoxy groups -OCH3 is 1. The van der Waals surface area contributed by atoms with E-state index in [0.29, 0.717) is 5.69 Å². The Morgan fingerprint density at radius 1 is 1.44 bits per heavy atom. The molecule has 5 nitrogen and oxygen atoms in total. The maximum atomic E-state index is 11.2. The smallest absolute Gasteiger partial charge is 0.337 e. The van der Waals surface area contributed by atoms with Crippen molar-refractivity contribution >= 4 is 22.7 Å². The molecule has 0 radical (unpaired) electrons. The van der Waals surface area contributed by atoms with E-state index >= 15 is 0 Å². The summed E-state index contributed by atoms with van der Waals surface area (Å²) >= 11 is -2.39.